The van der Waals surface area contributed by atoms with E-state index in [1.807, 2.05) is 0 Å². The number of ether oxygens (including phenoxy) is 1. The maximum Gasteiger partial charge on any atom is 0.271 e. The fourth-order valence-corrected chi connectivity index (χ4v) is 2.52. The van der Waals surface area contributed by atoms with Crippen LogP contribution in [0.4, 0.5) is 10.1 Å². The molecule has 3 rings (SSSR count). The van der Waals surface area contributed by atoms with Crippen molar-refractivity contribution < 1.29 is 18.7 Å². The lowest BCUT2D eigenvalue weighted by atomic mass is 10.2. The Morgan fingerprint density at radius 1 is 1.03 bits per heavy atom. The third-order valence-electron chi connectivity index (χ3n) is 3.84. The lowest BCUT2D eigenvalue weighted by Crippen LogP contribution is -2.20. The summed E-state index contributed by atoms with van der Waals surface area (Å²) in [5, 5.41) is 7.06. The molecule has 0 aliphatic rings. The molecule has 0 saturated heterocycles. The lowest BCUT2D eigenvalue weighted by Gasteiger charge is -2.08. The van der Waals surface area contributed by atoms with Gasteiger partial charge in [-0.05, 0) is 66.2 Å². The van der Waals surface area contributed by atoms with E-state index in [1.165, 1.54) is 30.5 Å². The van der Waals surface area contributed by atoms with Crippen molar-refractivity contribution in [2.45, 2.75) is 0 Å². The zero-order chi connectivity index (χ0) is 21.3. The fraction of sp³-hybridized carbons (Fsp3) is 0.0455. The number of hydrazone groups is 1. The van der Waals surface area contributed by atoms with E-state index in [0.717, 1.165) is 0 Å². The van der Waals surface area contributed by atoms with Crippen molar-refractivity contribution in [3.63, 3.8) is 0 Å². The molecule has 0 heterocycles. The maximum absolute atomic E-state index is 12.9. The highest BCUT2D eigenvalue weighted by molar-refractivity contribution is 6.30. The van der Waals surface area contributed by atoms with Crippen LogP contribution in [-0.2, 0) is 4.79 Å². The van der Waals surface area contributed by atoms with E-state index in [0.29, 0.717) is 27.6 Å². The first-order chi connectivity index (χ1) is 14.5. The Kier molecular flexibility index (Phi) is 7.13. The van der Waals surface area contributed by atoms with Crippen LogP contribution in [-0.4, -0.2) is 24.6 Å². The van der Waals surface area contributed by atoms with E-state index < -0.39 is 0 Å². The second-order valence-corrected chi connectivity index (χ2v) is 6.56. The van der Waals surface area contributed by atoms with Gasteiger partial charge in [-0.1, -0.05) is 23.7 Å². The Labute approximate surface area is 177 Å². The van der Waals surface area contributed by atoms with Gasteiger partial charge in [0.15, 0.2) is 6.61 Å². The molecule has 152 valence electrons. The molecule has 0 aliphatic heterocycles. The Balaban J connectivity index is 1.50. The minimum atomic E-state index is -0.382. The number of carbonyl (C=O) groups is 2. The maximum atomic E-state index is 12.9. The summed E-state index contributed by atoms with van der Waals surface area (Å²) < 4.78 is 18.4. The zero-order valence-corrected chi connectivity index (χ0v) is 16.4. The van der Waals surface area contributed by atoms with Crippen LogP contribution in [0.1, 0.15) is 15.9 Å². The molecule has 30 heavy (non-hydrogen) atoms. The molecular formula is C22H17ClFN3O3. The van der Waals surface area contributed by atoms with Gasteiger partial charge < -0.3 is 10.1 Å². The van der Waals surface area contributed by atoms with Crippen LogP contribution in [0.25, 0.3) is 0 Å². The molecule has 0 fully saturated rings. The molecule has 2 amide bonds. The van der Waals surface area contributed by atoms with Crippen molar-refractivity contribution in [3.8, 4) is 5.75 Å². The molecule has 0 atom stereocenters. The predicted octanol–water partition coefficient (Wildman–Crippen LogP) is 4.26. The molecule has 0 unspecified atom stereocenters. The second kappa shape index (κ2) is 10.2. The average molecular weight is 426 g/mol. The number of nitrogens with zero attached hydrogens (tertiary/aromatic N) is 1. The van der Waals surface area contributed by atoms with Gasteiger partial charge >= 0.3 is 0 Å². The van der Waals surface area contributed by atoms with E-state index >= 15 is 0 Å². The summed E-state index contributed by atoms with van der Waals surface area (Å²) >= 11 is 5.80. The Bertz CT molecular complexity index is 1050. The molecule has 0 saturated carbocycles. The van der Waals surface area contributed by atoms with Crippen molar-refractivity contribution >= 4 is 35.3 Å². The molecule has 0 spiro atoms. The first-order valence-electron chi connectivity index (χ1n) is 8.87. The SMILES string of the molecule is O=C(COc1cccc(/C=N/NC(=O)c2ccc(Cl)cc2)c1)Nc1ccc(F)cc1. The van der Waals surface area contributed by atoms with E-state index in [9.17, 15) is 14.0 Å². The molecule has 0 aliphatic carbocycles. The number of hydrogen-bond donors (Lipinski definition) is 2. The van der Waals surface area contributed by atoms with Gasteiger partial charge in [-0.2, -0.15) is 5.10 Å². The van der Waals surface area contributed by atoms with Gasteiger partial charge in [0, 0.05) is 16.3 Å². The molecule has 0 bridgehead atoms. The van der Waals surface area contributed by atoms with Gasteiger partial charge in [0.05, 0.1) is 6.21 Å². The predicted molar refractivity (Wildman–Crippen MR) is 113 cm³/mol. The monoisotopic (exact) mass is 425 g/mol. The Morgan fingerprint density at radius 2 is 1.77 bits per heavy atom. The van der Waals surface area contributed by atoms with Crippen molar-refractivity contribution in [1.29, 1.82) is 0 Å². The van der Waals surface area contributed by atoms with Crippen LogP contribution < -0.4 is 15.5 Å². The number of carbonyl (C=O) groups excluding carboxylic acids is 2. The van der Waals surface area contributed by atoms with Gasteiger partial charge in [-0.25, -0.2) is 9.82 Å². The average Bonchev–Trinajstić information content (AvgIpc) is 2.75. The van der Waals surface area contributed by atoms with Gasteiger partial charge in [0.1, 0.15) is 11.6 Å². The van der Waals surface area contributed by atoms with Gasteiger partial charge in [-0.15, -0.1) is 0 Å². The van der Waals surface area contributed by atoms with E-state index in [2.05, 4.69) is 15.8 Å². The van der Waals surface area contributed by atoms with Crippen molar-refractivity contribution in [3.05, 3.63) is 94.8 Å². The second-order valence-electron chi connectivity index (χ2n) is 6.12. The molecule has 0 aromatic heterocycles. The Morgan fingerprint density at radius 3 is 2.50 bits per heavy atom. The summed E-state index contributed by atoms with van der Waals surface area (Å²) in [5.74, 6) is -0.673. The summed E-state index contributed by atoms with van der Waals surface area (Å²) in [6.07, 6.45) is 1.46. The molecule has 3 aromatic carbocycles. The van der Waals surface area contributed by atoms with Crippen LogP contribution in [0.2, 0.25) is 5.02 Å². The smallest absolute Gasteiger partial charge is 0.271 e. The normalized spacial score (nSPS) is 10.6. The number of hydrogen-bond acceptors (Lipinski definition) is 4. The van der Waals surface area contributed by atoms with Crippen LogP contribution in [0.15, 0.2) is 77.9 Å². The van der Waals surface area contributed by atoms with E-state index in [4.69, 9.17) is 16.3 Å². The summed E-state index contributed by atoms with van der Waals surface area (Å²) in [4.78, 5) is 23.9. The van der Waals surface area contributed by atoms with Gasteiger partial charge in [0.2, 0.25) is 0 Å². The van der Waals surface area contributed by atoms with Crippen LogP contribution in [0.5, 0.6) is 5.75 Å². The summed E-state index contributed by atoms with van der Waals surface area (Å²) in [7, 11) is 0. The summed E-state index contributed by atoms with van der Waals surface area (Å²) in [6, 6.07) is 18.7. The minimum absolute atomic E-state index is 0.217. The highest BCUT2D eigenvalue weighted by atomic mass is 35.5. The fourth-order valence-electron chi connectivity index (χ4n) is 2.40. The first kappa shape index (κ1) is 21.0. The highest BCUT2D eigenvalue weighted by Gasteiger charge is 2.05. The molecular weight excluding hydrogens is 409 g/mol. The Hall–Kier alpha value is -3.71. The number of amides is 2. The number of halogens is 2. The first-order valence-corrected chi connectivity index (χ1v) is 9.25. The van der Waals surface area contributed by atoms with Crippen LogP contribution in [0, 0.1) is 5.82 Å². The number of anilines is 1. The number of benzene rings is 3. The molecule has 0 radical (unpaired) electrons. The summed E-state index contributed by atoms with van der Waals surface area (Å²) in [5.41, 5.74) is 4.00. The standard InChI is InChI=1S/C22H17ClFN3O3/c23-17-6-4-16(5-7-17)22(29)27-25-13-15-2-1-3-20(12-15)30-14-21(28)26-19-10-8-18(24)9-11-19/h1-13H,14H2,(H,26,28)(H,27,29)/b25-13+. The van der Waals surface area contributed by atoms with Crippen molar-refractivity contribution in [2.24, 2.45) is 5.10 Å². The van der Waals surface area contributed by atoms with E-state index in [-0.39, 0.29) is 24.2 Å². The zero-order valence-electron chi connectivity index (χ0n) is 15.6. The lowest BCUT2D eigenvalue weighted by molar-refractivity contribution is -0.118. The third kappa shape index (κ3) is 6.42. The van der Waals surface area contributed by atoms with Crippen LogP contribution >= 0.6 is 11.6 Å². The number of rotatable bonds is 7. The molecule has 3 aromatic rings. The van der Waals surface area contributed by atoms with Gasteiger partial charge in [0.25, 0.3) is 11.8 Å². The minimum Gasteiger partial charge on any atom is -0.484 e. The topological polar surface area (TPSA) is 79.8 Å². The molecule has 8 heteroatoms. The highest BCUT2D eigenvalue weighted by Crippen LogP contribution is 2.13. The van der Waals surface area contributed by atoms with Crippen molar-refractivity contribution in [2.75, 3.05) is 11.9 Å². The third-order valence-corrected chi connectivity index (χ3v) is 4.09. The van der Waals surface area contributed by atoms with E-state index in [1.54, 1.807) is 48.5 Å². The molecule has 2 N–H and O–H groups in total. The molecule has 6 nitrogen and oxygen atoms in total. The quantitative estimate of drug-likeness (QED) is 0.438. The van der Waals surface area contributed by atoms with Crippen LogP contribution in [0.3, 0.4) is 0 Å². The van der Waals surface area contributed by atoms with Crippen molar-refractivity contribution in [1.82, 2.24) is 5.43 Å². The largest absolute Gasteiger partial charge is 0.484 e. The number of nitrogens with one attached hydrogen (secondary N) is 2. The van der Waals surface area contributed by atoms with Gasteiger partial charge in [-0.3, -0.25) is 9.59 Å². The summed E-state index contributed by atoms with van der Waals surface area (Å²) in [6.45, 7) is -0.217.